The van der Waals surface area contributed by atoms with E-state index >= 15 is 0 Å². The third-order valence-corrected chi connectivity index (χ3v) is 6.73. The molecule has 2 aromatic rings. The van der Waals surface area contributed by atoms with Crippen molar-refractivity contribution in [1.82, 2.24) is 24.8 Å². The molecule has 134 valence electrons. The molecule has 3 aliphatic rings. The zero-order valence-corrected chi connectivity index (χ0v) is 14.8. The van der Waals surface area contributed by atoms with Gasteiger partial charge in [0.2, 0.25) is 0 Å². The monoisotopic (exact) mass is 340 g/mol. The summed E-state index contributed by atoms with van der Waals surface area (Å²) >= 11 is 0. The first-order valence-electron chi connectivity index (χ1n) is 9.74. The molecule has 1 spiro atoms. The van der Waals surface area contributed by atoms with Gasteiger partial charge in [-0.1, -0.05) is 0 Å². The van der Waals surface area contributed by atoms with E-state index in [4.69, 9.17) is 5.73 Å². The summed E-state index contributed by atoms with van der Waals surface area (Å²) in [6, 6.07) is 4.26. The van der Waals surface area contributed by atoms with E-state index < -0.39 is 0 Å². The number of fused-ring (bicyclic) bond motifs is 1. The van der Waals surface area contributed by atoms with E-state index in [1.807, 2.05) is 4.52 Å². The highest BCUT2D eigenvalue weighted by Gasteiger charge is 2.41. The number of rotatable bonds is 3. The van der Waals surface area contributed by atoms with Crippen LogP contribution in [0.3, 0.4) is 0 Å². The number of nitrogens with zero attached hydrogens (tertiary/aromatic N) is 4. The highest BCUT2D eigenvalue weighted by Crippen LogP contribution is 2.40. The van der Waals surface area contributed by atoms with E-state index in [9.17, 15) is 0 Å². The summed E-state index contributed by atoms with van der Waals surface area (Å²) in [5.41, 5.74) is 8.83. The van der Waals surface area contributed by atoms with E-state index in [0.29, 0.717) is 17.2 Å². The minimum absolute atomic E-state index is 0.573. The maximum Gasteiger partial charge on any atom is 0.151 e. The van der Waals surface area contributed by atoms with Crippen LogP contribution in [0.1, 0.15) is 43.7 Å². The second-order valence-corrected chi connectivity index (χ2v) is 8.52. The van der Waals surface area contributed by atoms with Crippen LogP contribution in [0, 0.1) is 11.3 Å². The predicted octanol–water partition coefficient (Wildman–Crippen LogP) is 1.88. The van der Waals surface area contributed by atoms with Gasteiger partial charge >= 0.3 is 0 Å². The molecule has 2 atom stereocenters. The molecule has 1 aliphatic carbocycles. The van der Waals surface area contributed by atoms with Crippen LogP contribution in [-0.4, -0.2) is 52.2 Å². The second-order valence-electron chi connectivity index (χ2n) is 8.52. The molecular formula is C19H28N6. The second kappa shape index (κ2) is 5.95. The normalized spacial score (nSPS) is 29.3. The molecule has 25 heavy (non-hydrogen) atoms. The Labute approximate surface area is 148 Å². The lowest BCUT2D eigenvalue weighted by molar-refractivity contribution is 0.0338. The molecule has 2 unspecified atom stereocenters. The van der Waals surface area contributed by atoms with Crippen molar-refractivity contribution in [3.63, 3.8) is 0 Å². The van der Waals surface area contributed by atoms with Gasteiger partial charge in [0.05, 0.1) is 0 Å². The number of likely N-dealkylation sites (tertiary alicyclic amines) is 1. The Morgan fingerprint density at radius 1 is 1.28 bits per heavy atom. The minimum Gasteiger partial charge on any atom is -0.382 e. The molecule has 1 saturated carbocycles. The van der Waals surface area contributed by atoms with Crippen molar-refractivity contribution >= 4 is 11.3 Å². The molecule has 2 aromatic heterocycles. The SMILES string of the molecule is Nc1ncnn2c(C3CCC(CN4CCCC5(CNC5)C4)C3)ccc12. The van der Waals surface area contributed by atoms with Crippen molar-refractivity contribution in [2.45, 2.75) is 38.0 Å². The topological polar surface area (TPSA) is 71.5 Å². The standard InChI is InChI=1S/C19H28N6/c20-18-17-5-4-16(25(17)23-13-22-18)15-3-2-14(8-15)9-24-7-1-6-19(12-24)10-21-11-19/h4-5,13-15,21H,1-3,6-12H2,(H2,20,22,23). The van der Waals surface area contributed by atoms with E-state index in [1.54, 1.807) is 6.33 Å². The number of nitrogen functional groups attached to an aromatic ring is 1. The quantitative estimate of drug-likeness (QED) is 0.893. The van der Waals surface area contributed by atoms with Crippen LogP contribution in [0.2, 0.25) is 0 Å². The summed E-state index contributed by atoms with van der Waals surface area (Å²) in [6.45, 7) is 6.33. The molecule has 2 saturated heterocycles. The van der Waals surface area contributed by atoms with Crippen LogP contribution >= 0.6 is 0 Å². The highest BCUT2D eigenvalue weighted by molar-refractivity contribution is 5.65. The van der Waals surface area contributed by atoms with Gasteiger partial charge in [0.15, 0.2) is 5.82 Å². The highest BCUT2D eigenvalue weighted by atomic mass is 15.3. The Balaban J connectivity index is 1.26. The summed E-state index contributed by atoms with van der Waals surface area (Å²) < 4.78 is 2.01. The van der Waals surface area contributed by atoms with E-state index in [0.717, 1.165) is 11.4 Å². The van der Waals surface area contributed by atoms with Crippen LogP contribution in [0.4, 0.5) is 5.82 Å². The molecule has 4 heterocycles. The lowest BCUT2D eigenvalue weighted by atomic mass is 9.75. The number of nitrogens with two attached hydrogens (primary N) is 1. The van der Waals surface area contributed by atoms with Crippen molar-refractivity contribution in [2.75, 3.05) is 38.5 Å². The van der Waals surface area contributed by atoms with Gasteiger partial charge in [-0.2, -0.15) is 5.10 Å². The fraction of sp³-hybridized carbons (Fsp3) is 0.684. The number of hydrogen-bond acceptors (Lipinski definition) is 5. The van der Waals surface area contributed by atoms with Crippen LogP contribution in [0.5, 0.6) is 0 Å². The third-order valence-electron chi connectivity index (χ3n) is 6.73. The Kier molecular flexibility index (Phi) is 3.71. The van der Waals surface area contributed by atoms with Gasteiger partial charge in [0.25, 0.3) is 0 Å². The van der Waals surface area contributed by atoms with E-state index in [-0.39, 0.29) is 0 Å². The number of nitrogens with one attached hydrogen (secondary N) is 1. The zero-order chi connectivity index (χ0) is 16.9. The zero-order valence-electron chi connectivity index (χ0n) is 14.8. The molecule has 0 amide bonds. The smallest absolute Gasteiger partial charge is 0.151 e. The van der Waals surface area contributed by atoms with Crippen molar-refractivity contribution in [3.05, 3.63) is 24.2 Å². The molecule has 3 fully saturated rings. The molecule has 3 N–H and O–H groups in total. The largest absolute Gasteiger partial charge is 0.382 e. The number of piperidine rings is 1. The first-order valence-corrected chi connectivity index (χ1v) is 9.74. The van der Waals surface area contributed by atoms with Crippen LogP contribution in [-0.2, 0) is 0 Å². The van der Waals surface area contributed by atoms with Crippen molar-refractivity contribution in [1.29, 1.82) is 0 Å². The van der Waals surface area contributed by atoms with Gasteiger partial charge in [-0.05, 0) is 56.7 Å². The summed E-state index contributed by atoms with van der Waals surface area (Å²) in [4.78, 5) is 6.84. The van der Waals surface area contributed by atoms with Crippen molar-refractivity contribution in [2.24, 2.45) is 11.3 Å². The molecule has 6 heteroatoms. The maximum absolute atomic E-state index is 5.98. The number of aromatic nitrogens is 3. The molecule has 5 rings (SSSR count). The summed E-state index contributed by atoms with van der Waals surface area (Å²) in [6.07, 6.45) is 8.23. The molecule has 0 radical (unpaired) electrons. The van der Waals surface area contributed by atoms with Crippen LogP contribution in [0.25, 0.3) is 5.52 Å². The summed E-state index contributed by atoms with van der Waals surface area (Å²) in [5.74, 6) is 1.99. The Morgan fingerprint density at radius 3 is 3.04 bits per heavy atom. The van der Waals surface area contributed by atoms with E-state index in [1.165, 1.54) is 70.5 Å². The van der Waals surface area contributed by atoms with Gasteiger partial charge in [-0.3, -0.25) is 0 Å². The van der Waals surface area contributed by atoms with Crippen molar-refractivity contribution in [3.8, 4) is 0 Å². The Morgan fingerprint density at radius 2 is 2.20 bits per heavy atom. The fourth-order valence-electron chi connectivity index (χ4n) is 5.39. The van der Waals surface area contributed by atoms with Gasteiger partial charge in [-0.15, -0.1) is 0 Å². The molecule has 6 nitrogen and oxygen atoms in total. The third kappa shape index (κ3) is 2.72. The van der Waals surface area contributed by atoms with Crippen LogP contribution in [0.15, 0.2) is 18.5 Å². The van der Waals surface area contributed by atoms with Gasteiger partial charge < -0.3 is 16.0 Å². The first-order chi connectivity index (χ1) is 12.2. The summed E-state index contributed by atoms with van der Waals surface area (Å²) in [7, 11) is 0. The van der Waals surface area contributed by atoms with Crippen LogP contribution < -0.4 is 11.1 Å². The molecule has 2 aliphatic heterocycles. The fourth-order valence-corrected chi connectivity index (χ4v) is 5.39. The molecule has 0 bridgehead atoms. The van der Waals surface area contributed by atoms with E-state index in [2.05, 4.69) is 32.4 Å². The maximum atomic E-state index is 5.98. The van der Waals surface area contributed by atoms with Gasteiger partial charge in [-0.25, -0.2) is 9.50 Å². The first kappa shape index (κ1) is 15.6. The van der Waals surface area contributed by atoms with Crippen molar-refractivity contribution < 1.29 is 0 Å². The Bertz CT molecular complexity index is 764. The Hall–Kier alpha value is -1.66. The average molecular weight is 340 g/mol. The lowest BCUT2D eigenvalue weighted by Crippen LogP contribution is -2.61. The lowest BCUT2D eigenvalue weighted by Gasteiger charge is -2.49. The number of anilines is 1. The average Bonchev–Trinajstić information content (AvgIpc) is 3.21. The minimum atomic E-state index is 0.573. The number of hydrogen-bond donors (Lipinski definition) is 2. The predicted molar refractivity (Wildman–Crippen MR) is 98.5 cm³/mol. The van der Waals surface area contributed by atoms with Gasteiger partial charge in [0.1, 0.15) is 11.8 Å². The molecule has 0 aromatic carbocycles. The van der Waals surface area contributed by atoms with Gasteiger partial charge in [0, 0.05) is 43.2 Å². The summed E-state index contributed by atoms with van der Waals surface area (Å²) in [5, 5.41) is 7.91. The molecular weight excluding hydrogens is 312 g/mol.